The summed E-state index contributed by atoms with van der Waals surface area (Å²) in [5.74, 6) is -0.617. The van der Waals surface area contributed by atoms with Gasteiger partial charge in [-0.1, -0.05) is 6.92 Å². The molecule has 6 heteroatoms. The predicted octanol–water partition coefficient (Wildman–Crippen LogP) is 4.40. The van der Waals surface area contributed by atoms with Crippen LogP contribution in [-0.4, -0.2) is 24.2 Å². The van der Waals surface area contributed by atoms with Crippen molar-refractivity contribution in [2.24, 2.45) is 0 Å². The molecule has 0 aliphatic carbocycles. The molecule has 3 heterocycles. The van der Waals surface area contributed by atoms with Crippen molar-refractivity contribution in [3.8, 4) is 11.1 Å². The SMILES string of the molecule is CC[C@H]1CC(NC(C)c2cc(F)c(-c3ccnc(C4COC4)c3)cc2F)=CN1. The molecule has 148 valence electrons. The van der Waals surface area contributed by atoms with Crippen LogP contribution in [0.5, 0.6) is 0 Å². The van der Waals surface area contributed by atoms with Gasteiger partial charge in [0.05, 0.1) is 19.3 Å². The van der Waals surface area contributed by atoms with E-state index in [1.54, 1.807) is 12.3 Å². The quantitative estimate of drug-likeness (QED) is 0.774. The molecule has 0 amide bonds. The maximum Gasteiger partial charge on any atom is 0.131 e. The van der Waals surface area contributed by atoms with Crippen LogP contribution >= 0.6 is 0 Å². The Morgan fingerprint density at radius 3 is 2.75 bits per heavy atom. The lowest BCUT2D eigenvalue weighted by atomic mass is 9.96. The average Bonchev–Trinajstić information content (AvgIpc) is 3.09. The van der Waals surface area contributed by atoms with E-state index in [-0.39, 0.29) is 17.5 Å². The first-order valence-corrected chi connectivity index (χ1v) is 9.79. The third kappa shape index (κ3) is 3.74. The number of aromatic nitrogens is 1. The van der Waals surface area contributed by atoms with Crippen molar-refractivity contribution in [2.45, 2.75) is 44.7 Å². The molecule has 4 nitrogen and oxygen atoms in total. The Labute approximate surface area is 164 Å². The van der Waals surface area contributed by atoms with Crippen molar-refractivity contribution in [1.29, 1.82) is 0 Å². The zero-order valence-corrected chi connectivity index (χ0v) is 16.1. The molecule has 0 saturated carbocycles. The first kappa shape index (κ1) is 18.9. The van der Waals surface area contributed by atoms with Gasteiger partial charge in [-0.05, 0) is 43.2 Å². The molecule has 1 fully saturated rings. The average molecular weight is 385 g/mol. The van der Waals surface area contributed by atoms with Gasteiger partial charge in [0.1, 0.15) is 11.6 Å². The number of nitrogens with zero attached hydrogens (tertiary/aromatic N) is 1. The molecule has 1 aromatic heterocycles. The molecular weight excluding hydrogens is 360 g/mol. The van der Waals surface area contributed by atoms with Crippen molar-refractivity contribution in [1.82, 2.24) is 15.6 Å². The minimum Gasteiger partial charge on any atom is -0.386 e. The van der Waals surface area contributed by atoms with Crippen molar-refractivity contribution >= 4 is 0 Å². The lowest BCUT2D eigenvalue weighted by Gasteiger charge is -2.25. The molecule has 2 aliphatic heterocycles. The summed E-state index contributed by atoms with van der Waals surface area (Å²) in [6.45, 7) is 5.21. The van der Waals surface area contributed by atoms with E-state index < -0.39 is 11.6 Å². The van der Waals surface area contributed by atoms with E-state index in [0.29, 0.717) is 30.4 Å². The van der Waals surface area contributed by atoms with Crippen LogP contribution in [-0.2, 0) is 4.74 Å². The second kappa shape index (κ2) is 7.87. The van der Waals surface area contributed by atoms with Crippen LogP contribution in [0, 0.1) is 11.6 Å². The first-order chi connectivity index (χ1) is 13.5. The Morgan fingerprint density at radius 1 is 1.25 bits per heavy atom. The smallest absolute Gasteiger partial charge is 0.131 e. The van der Waals surface area contributed by atoms with Gasteiger partial charge in [-0.3, -0.25) is 4.98 Å². The molecule has 0 radical (unpaired) electrons. The minimum atomic E-state index is -0.433. The van der Waals surface area contributed by atoms with Gasteiger partial charge in [-0.25, -0.2) is 8.78 Å². The van der Waals surface area contributed by atoms with Gasteiger partial charge < -0.3 is 15.4 Å². The molecule has 1 unspecified atom stereocenters. The molecule has 2 aliphatic rings. The molecule has 2 atom stereocenters. The summed E-state index contributed by atoms with van der Waals surface area (Å²) < 4.78 is 34.9. The van der Waals surface area contributed by atoms with Gasteiger partial charge in [0.15, 0.2) is 0 Å². The van der Waals surface area contributed by atoms with E-state index in [1.165, 1.54) is 12.1 Å². The van der Waals surface area contributed by atoms with Crippen LogP contribution in [0.3, 0.4) is 0 Å². The molecular formula is C22H25F2N3O. The van der Waals surface area contributed by atoms with Crippen molar-refractivity contribution in [3.63, 3.8) is 0 Å². The van der Waals surface area contributed by atoms with Gasteiger partial charge in [-0.2, -0.15) is 0 Å². The van der Waals surface area contributed by atoms with E-state index in [1.807, 2.05) is 19.2 Å². The maximum absolute atomic E-state index is 14.9. The molecule has 0 bridgehead atoms. The Balaban J connectivity index is 1.55. The van der Waals surface area contributed by atoms with Crippen LogP contribution < -0.4 is 10.6 Å². The Morgan fingerprint density at radius 2 is 2.07 bits per heavy atom. The van der Waals surface area contributed by atoms with E-state index in [2.05, 4.69) is 22.5 Å². The molecule has 2 N–H and O–H groups in total. The Bertz CT molecular complexity index is 895. The van der Waals surface area contributed by atoms with Crippen molar-refractivity contribution < 1.29 is 13.5 Å². The lowest BCUT2D eigenvalue weighted by molar-refractivity contribution is 0.00674. The minimum absolute atomic E-state index is 0.233. The topological polar surface area (TPSA) is 46.2 Å². The first-order valence-electron chi connectivity index (χ1n) is 9.79. The summed E-state index contributed by atoms with van der Waals surface area (Å²) in [5.41, 5.74) is 3.08. The number of halogens is 2. The Hall–Kier alpha value is -2.47. The van der Waals surface area contributed by atoms with Crippen LogP contribution in [0.15, 0.2) is 42.4 Å². The summed E-state index contributed by atoms with van der Waals surface area (Å²) in [7, 11) is 0. The van der Waals surface area contributed by atoms with Gasteiger partial charge in [0, 0.05) is 53.3 Å². The van der Waals surface area contributed by atoms with E-state index in [4.69, 9.17) is 4.74 Å². The molecule has 4 rings (SSSR count). The zero-order chi connectivity index (χ0) is 19.7. The van der Waals surface area contributed by atoms with Crippen LogP contribution in [0.4, 0.5) is 8.78 Å². The second-order valence-corrected chi connectivity index (χ2v) is 7.57. The lowest BCUT2D eigenvalue weighted by Crippen LogP contribution is -2.25. The number of ether oxygens (including phenoxy) is 1. The highest BCUT2D eigenvalue weighted by Crippen LogP contribution is 2.31. The highest BCUT2D eigenvalue weighted by Gasteiger charge is 2.23. The normalized spacial score (nSPS) is 20.3. The summed E-state index contributed by atoms with van der Waals surface area (Å²) in [6, 6.07) is 6.20. The summed E-state index contributed by atoms with van der Waals surface area (Å²) in [6.07, 6.45) is 5.46. The molecule has 0 spiro atoms. The summed E-state index contributed by atoms with van der Waals surface area (Å²) >= 11 is 0. The second-order valence-electron chi connectivity index (χ2n) is 7.57. The molecule has 28 heavy (non-hydrogen) atoms. The highest BCUT2D eigenvalue weighted by molar-refractivity contribution is 5.65. The number of hydrogen-bond acceptors (Lipinski definition) is 4. The number of hydrogen-bond donors (Lipinski definition) is 2. The standard InChI is InChI=1S/C22H25F2N3O/c1-3-16-7-17(10-26-16)27-13(2)18-8-21(24)19(9-20(18)23)14-4-5-25-22(6-14)15-11-28-12-15/h4-6,8-10,13,15-16,26-27H,3,7,11-12H2,1-2H3/t13?,16-/m0/s1. The fraction of sp³-hybridized carbons (Fsp3) is 0.409. The molecule has 2 aromatic rings. The number of nitrogens with one attached hydrogen (secondary N) is 2. The van der Waals surface area contributed by atoms with E-state index in [0.717, 1.165) is 24.2 Å². The fourth-order valence-corrected chi connectivity index (χ4v) is 3.68. The van der Waals surface area contributed by atoms with E-state index in [9.17, 15) is 8.78 Å². The fourth-order valence-electron chi connectivity index (χ4n) is 3.68. The molecule has 1 aromatic carbocycles. The monoisotopic (exact) mass is 385 g/mol. The van der Waals surface area contributed by atoms with Crippen LogP contribution in [0.25, 0.3) is 11.1 Å². The van der Waals surface area contributed by atoms with Gasteiger partial charge in [-0.15, -0.1) is 0 Å². The van der Waals surface area contributed by atoms with Crippen LogP contribution in [0.2, 0.25) is 0 Å². The maximum atomic E-state index is 14.9. The van der Waals surface area contributed by atoms with Gasteiger partial charge in [0.2, 0.25) is 0 Å². The Kier molecular flexibility index (Phi) is 5.31. The largest absolute Gasteiger partial charge is 0.386 e. The summed E-state index contributed by atoms with van der Waals surface area (Å²) in [4.78, 5) is 4.34. The number of benzene rings is 1. The predicted molar refractivity (Wildman–Crippen MR) is 105 cm³/mol. The zero-order valence-electron chi connectivity index (χ0n) is 16.1. The van der Waals surface area contributed by atoms with Crippen molar-refractivity contribution in [3.05, 3.63) is 65.3 Å². The van der Waals surface area contributed by atoms with Gasteiger partial charge >= 0.3 is 0 Å². The molecule has 1 saturated heterocycles. The van der Waals surface area contributed by atoms with Gasteiger partial charge in [0.25, 0.3) is 0 Å². The number of rotatable bonds is 6. The highest BCUT2D eigenvalue weighted by atomic mass is 19.1. The van der Waals surface area contributed by atoms with Crippen molar-refractivity contribution in [2.75, 3.05) is 13.2 Å². The number of pyridine rings is 1. The van der Waals surface area contributed by atoms with Crippen LogP contribution in [0.1, 0.15) is 49.9 Å². The third-order valence-corrected chi connectivity index (χ3v) is 5.56. The van der Waals surface area contributed by atoms with E-state index >= 15 is 0 Å². The summed E-state index contributed by atoms with van der Waals surface area (Å²) in [5, 5.41) is 6.58. The third-order valence-electron chi connectivity index (χ3n) is 5.56.